The third-order valence-electron chi connectivity index (χ3n) is 4.90. The lowest BCUT2D eigenvalue weighted by Gasteiger charge is -2.37. The summed E-state index contributed by atoms with van der Waals surface area (Å²) < 4.78 is 0. The normalized spacial score (nSPS) is 17.2. The molecule has 130 valence electrons. The highest BCUT2D eigenvalue weighted by Crippen LogP contribution is 2.33. The van der Waals surface area contributed by atoms with Crippen molar-refractivity contribution >= 4 is 40.2 Å². The number of anilines is 1. The molecule has 1 saturated heterocycles. The highest BCUT2D eigenvalue weighted by molar-refractivity contribution is 6.42. The minimum Gasteiger partial charge on any atom is -0.355 e. The van der Waals surface area contributed by atoms with Crippen LogP contribution in [-0.2, 0) is 0 Å². The Morgan fingerprint density at radius 1 is 1.12 bits per heavy atom. The second kappa shape index (κ2) is 6.15. The van der Waals surface area contributed by atoms with E-state index in [1.807, 2.05) is 12.3 Å². The van der Waals surface area contributed by atoms with Crippen LogP contribution in [0.4, 0.5) is 5.82 Å². The molecule has 1 fully saturated rings. The van der Waals surface area contributed by atoms with Gasteiger partial charge >= 0.3 is 0 Å². The Morgan fingerprint density at radius 2 is 1.88 bits per heavy atom. The first-order valence-electron chi connectivity index (χ1n) is 8.34. The van der Waals surface area contributed by atoms with Gasteiger partial charge in [0.15, 0.2) is 0 Å². The third-order valence-corrected chi connectivity index (χ3v) is 5.64. The summed E-state index contributed by atoms with van der Waals surface area (Å²) in [6.07, 6.45) is 4.14. The Morgan fingerprint density at radius 3 is 2.60 bits per heavy atom. The molecule has 0 atom stereocenters. The highest BCUT2D eigenvalue weighted by atomic mass is 35.5. The SMILES string of the molecule is CC1(C)CCN(c2cnc3c(-c4ccc(Cl)c(Cl)c4)[nH]nc3n2)CC1. The molecule has 1 aliphatic heterocycles. The molecule has 0 radical (unpaired) electrons. The Labute approximate surface area is 156 Å². The van der Waals surface area contributed by atoms with Crippen LogP contribution in [0.3, 0.4) is 0 Å². The van der Waals surface area contributed by atoms with Gasteiger partial charge in [-0.15, -0.1) is 0 Å². The summed E-state index contributed by atoms with van der Waals surface area (Å²) in [5, 5.41) is 8.38. The lowest BCUT2D eigenvalue weighted by molar-refractivity contribution is 0.279. The van der Waals surface area contributed by atoms with Crippen LogP contribution in [0.25, 0.3) is 22.4 Å². The molecule has 3 heterocycles. The summed E-state index contributed by atoms with van der Waals surface area (Å²) in [5.41, 5.74) is 3.44. The number of hydrogen-bond donors (Lipinski definition) is 1. The largest absolute Gasteiger partial charge is 0.355 e. The molecule has 1 N–H and O–H groups in total. The summed E-state index contributed by atoms with van der Waals surface area (Å²) in [6.45, 7) is 6.63. The van der Waals surface area contributed by atoms with Crippen molar-refractivity contribution in [3.8, 4) is 11.3 Å². The van der Waals surface area contributed by atoms with Crippen molar-refractivity contribution in [3.63, 3.8) is 0 Å². The number of nitrogens with one attached hydrogen (secondary N) is 1. The second-order valence-electron chi connectivity index (χ2n) is 7.28. The van der Waals surface area contributed by atoms with Gasteiger partial charge in [-0.05, 0) is 30.4 Å². The monoisotopic (exact) mass is 375 g/mol. The molecule has 0 saturated carbocycles. The molecule has 0 spiro atoms. The number of rotatable bonds is 2. The van der Waals surface area contributed by atoms with E-state index >= 15 is 0 Å². The lowest BCUT2D eigenvalue weighted by atomic mass is 9.83. The first kappa shape index (κ1) is 16.6. The standard InChI is InChI=1S/C18H19Cl2N5/c1-18(2)5-7-25(8-6-18)14-10-21-16-15(23-24-17(16)22-14)11-3-4-12(19)13(20)9-11/h3-4,9-10H,5-8H2,1-2H3,(H,22,23,24). The van der Waals surface area contributed by atoms with Crippen LogP contribution >= 0.6 is 23.2 Å². The average molecular weight is 376 g/mol. The maximum Gasteiger partial charge on any atom is 0.202 e. The van der Waals surface area contributed by atoms with Crippen molar-refractivity contribution in [2.45, 2.75) is 26.7 Å². The van der Waals surface area contributed by atoms with Gasteiger partial charge in [0.05, 0.1) is 21.9 Å². The Bertz CT molecular complexity index is 924. The first-order valence-corrected chi connectivity index (χ1v) is 9.10. The molecule has 1 aliphatic rings. The molecule has 0 aliphatic carbocycles. The molecule has 7 heteroatoms. The van der Waals surface area contributed by atoms with Gasteiger partial charge in [0.2, 0.25) is 5.65 Å². The van der Waals surface area contributed by atoms with E-state index in [9.17, 15) is 0 Å². The number of nitrogens with zero attached hydrogens (tertiary/aromatic N) is 4. The van der Waals surface area contributed by atoms with Crippen LogP contribution in [0.1, 0.15) is 26.7 Å². The highest BCUT2D eigenvalue weighted by Gasteiger charge is 2.26. The van der Waals surface area contributed by atoms with Crippen LogP contribution < -0.4 is 4.90 Å². The van der Waals surface area contributed by atoms with E-state index in [-0.39, 0.29) is 0 Å². The lowest BCUT2D eigenvalue weighted by Crippen LogP contribution is -2.37. The quantitative estimate of drug-likeness (QED) is 0.687. The molecule has 4 rings (SSSR count). The number of piperidine rings is 1. The molecular formula is C18H19Cl2N5. The molecule has 0 bridgehead atoms. The topological polar surface area (TPSA) is 57.7 Å². The van der Waals surface area contributed by atoms with Gasteiger partial charge in [0.1, 0.15) is 11.3 Å². The Hall–Kier alpha value is -1.85. The van der Waals surface area contributed by atoms with Crippen LogP contribution in [0.2, 0.25) is 10.0 Å². The van der Waals surface area contributed by atoms with E-state index in [1.165, 1.54) is 0 Å². The van der Waals surface area contributed by atoms with Gasteiger partial charge in [-0.1, -0.05) is 43.1 Å². The van der Waals surface area contributed by atoms with Crippen molar-refractivity contribution in [3.05, 3.63) is 34.4 Å². The predicted octanol–water partition coefficient (Wildman–Crippen LogP) is 4.95. The van der Waals surface area contributed by atoms with Crippen LogP contribution in [0.15, 0.2) is 24.4 Å². The molecule has 5 nitrogen and oxygen atoms in total. The summed E-state index contributed by atoms with van der Waals surface area (Å²) >= 11 is 12.1. The molecule has 0 amide bonds. The zero-order valence-corrected chi connectivity index (χ0v) is 15.7. The number of H-pyrrole nitrogens is 1. The number of aromatic amines is 1. The van der Waals surface area contributed by atoms with Gasteiger partial charge < -0.3 is 4.90 Å². The Kier molecular flexibility index (Phi) is 4.08. The molecule has 2 aromatic heterocycles. The van der Waals surface area contributed by atoms with E-state index in [0.717, 1.165) is 48.5 Å². The van der Waals surface area contributed by atoms with E-state index in [2.05, 4.69) is 33.9 Å². The molecule has 0 unspecified atom stereocenters. The first-order chi connectivity index (χ1) is 11.9. The minimum absolute atomic E-state index is 0.404. The van der Waals surface area contributed by atoms with Gasteiger partial charge in [0.25, 0.3) is 0 Å². The fourth-order valence-corrected chi connectivity index (χ4v) is 3.43. The number of benzene rings is 1. The maximum atomic E-state index is 6.12. The Balaban J connectivity index is 1.66. The van der Waals surface area contributed by atoms with Crippen molar-refractivity contribution < 1.29 is 0 Å². The molecule has 25 heavy (non-hydrogen) atoms. The van der Waals surface area contributed by atoms with Gasteiger partial charge in [-0.3, -0.25) is 5.10 Å². The van der Waals surface area contributed by atoms with Crippen molar-refractivity contribution in [2.24, 2.45) is 5.41 Å². The summed E-state index contributed by atoms with van der Waals surface area (Å²) in [4.78, 5) is 11.6. The summed E-state index contributed by atoms with van der Waals surface area (Å²) in [5.74, 6) is 0.884. The number of fused-ring (bicyclic) bond motifs is 1. The van der Waals surface area contributed by atoms with Gasteiger partial charge in [0, 0.05) is 18.7 Å². The second-order valence-corrected chi connectivity index (χ2v) is 8.09. The number of halogens is 2. The minimum atomic E-state index is 0.404. The zero-order valence-electron chi connectivity index (χ0n) is 14.2. The van der Waals surface area contributed by atoms with Gasteiger partial charge in [-0.2, -0.15) is 5.10 Å². The fourth-order valence-electron chi connectivity index (χ4n) is 3.13. The van der Waals surface area contributed by atoms with E-state index in [0.29, 0.717) is 21.1 Å². The van der Waals surface area contributed by atoms with Crippen LogP contribution in [-0.4, -0.2) is 33.3 Å². The van der Waals surface area contributed by atoms with Crippen molar-refractivity contribution in [1.82, 2.24) is 20.2 Å². The molecular weight excluding hydrogens is 357 g/mol. The third kappa shape index (κ3) is 3.18. The zero-order chi connectivity index (χ0) is 17.6. The molecule has 1 aromatic carbocycles. The van der Waals surface area contributed by atoms with Crippen LogP contribution in [0, 0.1) is 5.41 Å². The van der Waals surface area contributed by atoms with Gasteiger partial charge in [-0.25, -0.2) is 9.97 Å². The molecule has 3 aromatic rings. The van der Waals surface area contributed by atoms with E-state index in [1.54, 1.807) is 12.1 Å². The maximum absolute atomic E-state index is 6.12. The van der Waals surface area contributed by atoms with E-state index in [4.69, 9.17) is 28.2 Å². The summed E-state index contributed by atoms with van der Waals surface area (Å²) in [7, 11) is 0. The van der Waals surface area contributed by atoms with Crippen molar-refractivity contribution in [2.75, 3.05) is 18.0 Å². The van der Waals surface area contributed by atoms with Crippen LogP contribution in [0.5, 0.6) is 0 Å². The predicted molar refractivity (Wildman–Crippen MR) is 102 cm³/mol. The smallest absolute Gasteiger partial charge is 0.202 e. The van der Waals surface area contributed by atoms with Crippen molar-refractivity contribution in [1.29, 1.82) is 0 Å². The summed E-state index contributed by atoms with van der Waals surface area (Å²) in [6, 6.07) is 5.46. The fraction of sp³-hybridized carbons (Fsp3) is 0.389. The number of hydrogen-bond acceptors (Lipinski definition) is 4. The van der Waals surface area contributed by atoms with E-state index < -0.39 is 0 Å². The average Bonchev–Trinajstić information content (AvgIpc) is 3.00. The number of aromatic nitrogens is 4.